The third-order valence-electron chi connectivity index (χ3n) is 3.72. The van der Waals surface area contributed by atoms with E-state index in [4.69, 9.17) is 0 Å². The van der Waals surface area contributed by atoms with E-state index in [1.54, 1.807) is 0 Å². The Morgan fingerprint density at radius 1 is 1.32 bits per heavy atom. The minimum atomic E-state index is 0.291. The Balaban J connectivity index is 1.53. The molecule has 0 aromatic heterocycles. The van der Waals surface area contributed by atoms with Crippen LogP contribution in [0.2, 0.25) is 0 Å². The van der Waals surface area contributed by atoms with Crippen molar-refractivity contribution in [2.45, 2.75) is 25.8 Å². The van der Waals surface area contributed by atoms with Gasteiger partial charge < -0.3 is 10.2 Å². The maximum Gasteiger partial charge on any atom is 0.124 e. The van der Waals surface area contributed by atoms with Crippen LogP contribution in [-0.4, -0.2) is 23.9 Å². The minimum absolute atomic E-state index is 0.291. The molecule has 1 saturated carbocycles. The molecule has 1 fully saturated rings. The molecule has 1 unspecified atom stereocenters. The summed E-state index contributed by atoms with van der Waals surface area (Å²) < 4.78 is 0. The first-order valence-electron chi connectivity index (χ1n) is 7.09. The minimum Gasteiger partial charge on any atom is -0.364 e. The average Bonchev–Trinajstić information content (AvgIpc) is 3.26. The molecule has 0 bridgehead atoms. The van der Waals surface area contributed by atoms with Crippen LogP contribution in [0.3, 0.4) is 0 Å². The summed E-state index contributed by atoms with van der Waals surface area (Å²) >= 11 is 0. The number of nitrogens with zero attached hydrogens (tertiary/aromatic N) is 2. The van der Waals surface area contributed by atoms with Gasteiger partial charge in [-0.15, -0.1) is 0 Å². The van der Waals surface area contributed by atoms with Crippen LogP contribution in [0.4, 0.5) is 0 Å². The Bertz CT molecular complexity index is 474. The van der Waals surface area contributed by atoms with Gasteiger partial charge >= 0.3 is 0 Å². The van der Waals surface area contributed by atoms with E-state index in [-0.39, 0.29) is 0 Å². The van der Waals surface area contributed by atoms with E-state index in [9.17, 15) is 0 Å². The molecule has 1 atom stereocenters. The first-order chi connectivity index (χ1) is 9.31. The molecule has 1 heterocycles. The summed E-state index contributed by atoms with van der Waals surface area (Å²) in [6, 6.07) is 10.8. The number of amidine groups is 1. The van der Waals surface area contributed by atoms with Crippen LogP contribution in [0.15, 0.2) is 47.6 Å². The van der Waals surface area contributed by atoms with Crippen molar-refractivity contribution in [3.05, 3.63) is 48.2 Å². The summed E-state index contributed by atoms with van der Waals surface area (Å²) in [4.78, 5) is 6.90. The van der Waals surface area contributed by atoms with Crippen molar-refractivity contribution in [1.29, 1.82) is 0 Å². The maximum atomic E-state index is 4.60. The molecule has 100 valence electrons. The summed E-state index contributed by atoms with van der Waals surface area (Å²) in [6.07, 6.45) is 7.05. The van der Waals surface area contributed by atoms with Crippen molar-refractivity contribution in [2.75, 3.05) is 13.2 Å². The number of aliphatic imine (C=N–C) groups is 1. The fourth-order valence-electron chi connectivity index (χ4n) is 2.33. The normalized spacial score (nSPS) is 20.1. The lowest BCUT2D eigenvalue weighted by atomic mass is 10.1. The molecule has 0 spiro atoms. The molecule has 3 heteroatoms. The Hall–Kier alpha value is -1.77. The Kier molecular flexibility index (Phi) is 3.53. The van der Waals surface area contributed by atoms with Crippen LogP contribution in [0.1, 0.15) is 31.4 Å². The molecule has 0 saturated heterocycles. The summed E-state index contributed by atoms with van der Waals surface area (Å²) in [7, 11) is 0. The van der Waals surface area contributed by atoms with Gasteiger partial charge in [-0.2, -0.15) is 0 Å². The van der Waals surface area contributed by atoms with Crippen LogP contribution in [0.5, 0.6) is 0 Å². The highest BCUT2D eigenvalue weighted by atomic mass is 15.2. The molecule has 1 aromatic rings. The number of hydrogen-bond acceptors (Lipinski definition) is 3. The van der Waals surface area contributed by atoms with E-state index in [2.05, 4.69) is 58.7 Å². The quantitative estimate of drug-likeness (QED) is 0.895. The smallest absolute Gasteiger partial charge is 0.124 e. The molecular weight excluding hydrogens is 234 g/mol. The SMILES string of the molecule is CC(NC1=NCN(CC2CC2)C=C1)c1ccccc1. The highest BCUT2D eigenvalue weighted by molar-refractivity contribution is 5.93. The third-order valence-corrected chi connectivity index (χ3v) is 3.72. The summed E-state index contributed by atoms with van der Waals surface area (Å²) in [5, 5.41) is 3.46. The molecule has 1 aromatic carbocycles. The fraction of sp³-hybridized carbons (Fsp3) is 0.438. The largest absolute Gasteiger partial charge is 0.364 e. The zero-order valence-electron chi connectivity index (χ0n) is 11.4. The van der Waals surface area contributed by atoms with E-state index in [0.29, 0.717) is 6.04 Å². The topological polar surface area (TPSA) is 27.6 Å². The van der Waals surface area contributed by atoms with Gasteiger partial charge in [0, 0.05) is 18.8 Å². The predicted molar refractivity (Wildman–Crippen MR) is 78.9 cm³/mol. The molecule has 3 rings (SSSR count). The zero-order chi connectivity index (χ0) is 13.1. The third kappa shape index (κ3) is 3.37. The Labute approximate surface area is 115 Å². The van der Waals surface area contributed by atoms with Crippen LogP contribution < -0.4 is 5.32 Å². The number of nitrogens with one attached hydrogen (secondary N) is 1. The molecule has 3 nitrogen and oxygen atoms in total. The van der Waals surface area contributed by atoms with E-state index in [1.807, 2.05) is 6.07 Å². The molecule has 1 N–H and O–H groups in total. The van der Waals surface area contributed by atoms with Crippen molar-refractivity contribution in [1.82, 2.24) is 10.2 Å². The predicted octanol–water partition coefficient (Wildman–Crippen LogP) is 2.93. The zero-order valence-corrected chi connectivity index (χ0v) is 11.4. The summed E-state index contributed by atoms with van der Waals surface area (Å²) in [5.74, 6) is 1.90. The first kappa shape index (κ1) is 12.3. The lowest BCUT2D eigenvalue weighted by Crippen LogP contribution is -2.31. The van der Waals surface area contributed by atoms with Gasteiger partial charge in [-0.25, -0.2) is 4.99 Å². The van der Waals surface area contributed by atoms with E-state index >= 15 is 0 Å². The molecule has 0 amide bonds. The maximum absolute atomic E-state index is 4.60. The van der Waals surface area contributed by atoms with Gasteiger partial charge in [-0.1, -0.05) is 30.3 Å². The van der Waals surface area contributed by atoms with Crippen LogP contribution in [-0.2, 0) is 0 Å². The van der Waals surface area contributed by atoms with Crippen LogP contribution in [0, 0.1) is 5.92 Å². The van der Waals surface area contributed by atoms with Gasteiger partial charge in [0.15, 0.2) is 0 Å². The fourth-order valence-corrected chi connectivity index (χ4v) is 2.33. The van der Waals surface area contributed by atoms with Crippen molar-refractivity contribution >= 4 is 5.84 Å². The second-order valence-electron chi connectivity index (χ2n) is 5.49. The van der Waals surface area contributed by atoms with Gasteiger partial charge in [0.05, 0.1) is 0 Å². The Morgan fingerprint density at radius 3 is 2.74 bits per heavy atom. The molecule has 19 heavy (non-hydrogen) atoms. The lowest BCUT2D eigenvalue weighted by Gasteiger charge is -2.24. The van der Waals surface area contributed by atoms with Crippen LogP contribution in [0.25, 0.3) is 0 Å². The highest BCUT2D eigenvalue weighted by Gasteiger charge is 2.23. The van der Waals surface area contributed by atoms with Gasteiger partial charge in [-0.3, -0.25) is 0 Å². The van der Waals surface area contributed by atoms with E-state index < -0.39 is 0 Å². The van der Waals surface area contributed by atoms with Crippen molar-refractivity contribution < 1.29 is 0 Å². The van der Waals surface area contributed by atoms with Gasteiger partial charge in [0.25, 0.3) is 0 Å². The van der Waals surface area contributed by atoms with Crippen molar-refractivity contribution in [3.8, 4) is 0 Å². The summed E-state index contributed by atoms with van der Waals surface area (Å²) in [5.41, 5.74) is 1.29. The Morgan fingerprint density at radius 2 is 2.11 bits per heavy atom. The van der Waals surface area contributed by atoms with Crippen molar-refractivity contribution in [2.24, 2.45) is 10.9 Å². The molecule has 1 aliphatic heterocycles. The second kappa shape index (κ2) is 5.47. The molecule has 2 aliphatic rings. The summed E-state index contributed by atoms with van der Waals surface area (Å²) in [6.45, 7) is 4.13. The number of rotatable bonds is 4. The standard InChI is InChI=1S/C16H21N3/c1-13(15-5-3-2-4-6-15)18-16-9-10-19(12-17-16)11-14-7-8-14/h2-6,9-10,13-14H,7-8,11-12H2,1H3,(H,17,18). The molecular formula is C16H21N3. The molecule has 1 aliphatic carbocycles. The van der Waals surface area contributed by atoms with E-state index in [1.165, 1.54) is 24.9 Å². The number of hydrogen-bond donors (Lipinski definition) is 1. The van der Waals surface area contributed by atoms with Crippen molar-refractivity contribution in [3.63, 3.8) is 0 Å². The number of benzene rings is 1. The van der Waals surface area contributed by atoms with Gasteiger partial charge in [0.1, 0.15) is 12.5 Å². The van der Waals surface area contributed by atoms with Gasteiger partial charge in [0.2, 0.25) is 0 Å². The first-order valence-corrected chi connectivity index (χ1v) is 7.09. The second-order valence-corrected chi connectivity index (χ2v) is 5.49. The van der Waals surface area contributed by atoms with Crippen LogP contribution >= 0.6 is 0 Å². The molecule has 0 radical (unpaired) electrons. The lowest BCUT2D eigenvalue weighted by molar-refractivity contribution is 0.366. The average molecular weight is 255 g/mol. The highest BCUT2D eigenvalue weighted by Crippen LogP contribution is 2.30. The van der Waals surface area contributed by atoms with E-state index in [0.717, 1.165) is 18.4 Å². The van der Waals surface area contributed by atoms with Gasteiger partial charge in [-0.05, 0) is 37.3 Å². The monoisotopic (exact) mass is 255 g/mol.